The number of carbonyl (C=O) groups is 3. The summed E-state index contributed by atoms with van der Waals surface area (Å²) in [6.45, 7) is 0.0194. The number of carbonyl (C=O) groups excluding carboxylic acids is 3. The van der Waals surface area contributed by atoms with E-state index in [1.807, 2.05) is 60.7 Å². The van der Waals surface area contributed by atoms with Crippen LogP contribution in [0.2, 0.25) is 0 Å². The van der Waals surface area contributed by atoms with Crippen LogP contribution in [-0.4, -0.2) is 44.3 Å². The number of nitrogens with one attached hydrogen (secondary N) is 2. The topological polar surface area (TPSA) is 133 Å². The summed E-state index contributed by atoms with van der Waals surface area (Å²) in [7, 11) is 2.69. The molecule has 0 aliphatic heterocycles. The van der Waals surface area contributed by atoms with Gasteiger partial charge in [-0.15, -0.1) is 0 Å². The van der Waals surface area contributed by atoms with E-state index >= 15 is 0 Å². The van der Waals surface area contributed by atoms with Crippen molar-refractivity contribution in [1.29, 1.82) is 0 Å². The number of benzene rings is 3. The molecule has 3 aromatic carbocycles. The molecule has 212 valence electrons. The third-order valence-corrected chi connectivity index (χ3v) is 6.37. The third-order valence-electron chi connectivity index (χ3n) is 6.37. The summed E-state index contributed by atoms with van der Waals surface area (Å²) in [5, 5.41) is 5.86. The third kappa shape index (κ3) is 7.95. The number of ether oxygens (including phenoxy) is 3. The molecule has 1 aromatic heterocycles. The van der Waals surface area contributed by atoms with Gasteiger partial charge < -0.3 is 29.3 Å². The summed E-state index contributed by atoms with van der Waals surface area (Å²) in [5.41, 5.74) is 1.68. The summed E-state index contributed by atoms with van der Waals surface area (Å²) in [6, 6.07) is 22.2. The number of hydrogen-bond acceptors (Lipinski definition) is 8. The van der Waals surface area contributed by atoms with Crippen molar-refractivity contribution in [3.8, 4) is 5.75 Å². The second-order valence-corrected chi connectivity index (χ2v) is 9.19. The van der Waals surface area contributed by atoms with Crippen LogP contribution < -0.4 is 21.0 Å². The van der Waals surface area contributed by atoms with Gasteiger partial charge in [-0.1, -0.05) is 60.7 Å². The van der Waals surface area contributed by atoms with Gasteiger partial charge in [0, 0.05) is 30.4 Å². The van der Waals surface area contributed by atoms with Gasteiger partial charge in [-0.05, 0) is 28.8 Å². The van der Waals surface area contributed by atoms with E-state index in [-0.39, 0.29) is 25.0 Å². The van der Waals surface area contributed by atoms with Crippen LogP contribution >= 0.6 is 0 Å². The van der Waals surface area contributed by atoms with Crippen molar-refractivity contribution in [2.45, 2.75) is 31.5 Å². The fourth-order valence-corrected chi connectivity index (χ4v) is 4.30. The van der Waals surface area contributed by atoms with Gasteiger partial charge in [0.05, 0.1) is 14.2 Å². The van der Waals surface area contributed by atoms with Gasteiger partial charge in [-0.3, -0.25) is 4.79 Å². The van der Waals surface area contributed by atoms with Crippen LogP contribution in [0, 0.1) is 0 Å². The molecule has 10 heteroatoms. The minimum Gasteiger partial charge on any atom is -0.497 e. The van der Waals surface area contributed by atoms with E-state index in [0.717, 1.165) is 11.1 Å². The van der Waals surface area contributed by atoms with E-state index in [1.165, 1.54) is 20.3 Å². The van der Waals surface area contributed by atoms with Gasteiger partial charge in [-0.2, -0.15) is 0 Å². The van der Waals surface area contributed by atoms with Crippen molar-refractivity contribution in [2.75, 3.05) is 14.2 Å². The van der Waals surface area contributed by atoms with Crippen molar-refractivity contribution in [2.24, 2.45) is 0 Å². The fourth-order valence-electron chi connectivity index (χ4n) is 4.30. The maximum Gasteiger partial charge on any atom is 0.408 e. The lowest BCUT2D eigenvalue weighted by Gasteiger charge is -2.22. The minimum absolute atomic E-state index is 0.0194. The Hall–Kier alpha value is -5.12. The monoisotopic (exact) mass is 558 g/mol. The standard InChI is InChI=1S/C31H30N2O8/c1-38-23-13-14-24-22(17-28(34)41-27(24)18-23)16-26(30(36)39-2)32-29(35)25(15-20-9-5-3-6-10-20)33-31(37)40-19-21-11-7-4-8-12-21/h3-14,17-18,25-26H,15-16,19H2,1-2H3,(H,32,35)(H,33,37)/t25-,26+/m1/s1. The zero-order chi connectivity index (χ0) is 29.2. The first-order chi connectivity index (χ1) is 19.9. The quantitative estimate of drug-likeness (QED) is 0.211. The molecular formula is C31H30N2O8. The Morgan fingerprint density at radius 1 is 0.805 bits per heavy atom. The number of esters is 1. The van der Waals surface area contributed by atoms with Crippen LogP contribution in [0.5, 0.6) is 5.75 Å². The normalized spacial score (nSPS) is 12.1. The highest BCUT2D eigenvalue weighted by Gasteiger charge is 2.29. The van der Waals surface area contributed by atoms with E-state index in [0.29, 0.717) is 16.7 Å². The Morgan fingerprint density at radius 3 is 2.15 bits per heavy atom. The highest BCUT2D eigenvalue weighted by Crippen LogP contribution is 2.23. The highest BCUT2D eigenvalue weighted by atomic mass is 16.5. The summed E-state index contributed by atoms with van der Waals surface area (Å²) >= 11 is 0. The van der Waals surface area contributed by atoms with E-state index in [9.17, 15) is 19.2 Å². The SMILES string of the molecule is COC(=O)[C@H](Cc1cc(=O)oc2cc(OC)ccc12)NC(=O)[C@@H](Cc1ccccc1)NC(=O)OCc1ccccc1. The lowest BCUT2D eigenvalue weighted by Crippen LogP contribution is -2.53. The molecule has 0 saturated carbocycles. The predicted molar refractivity (Wildman–Crippen MR) is 150 cm³/mol. The van der Waals surface area contributed by atoms with Crippen LogP contribution in [0.25, 0.3) is 11.0 Å². The number of hydrogen-bond donors (Lipinski definition) is 2. The number of methoxy groups -OCH3 is 2. The lowest BCUT2D eigenvalue weighted by atomic mass is 10.0. The molecule has 0 saturated heterocycles. The van der Waals surface area contributed by atoms with E-state index in [4.69, 9.17) is 18.6 Å². The molecule has 0 aliphatic rings. The molecule has 0 unspecified atom stereocenters. The van der Waals surface area contributed by atoms with Crippen LogP contribution in [0.15, 0.2) is 94.1 Å². The van der Waals surface area contributed by atoms with E-state index in [1.54, 1.807) is 18.2 Å². The molecule has 0 radical (unpaired) electrons. The van der Waals surface area contributed by atoms with Crippen molar-refractivity contribution >= 4 is 28.9 Å². The van der Waals surface area contributed by atoms with E-state index in [2.05, 4.69) is 10.6 Å². The first-order valence-electron chi connectivity index (χ1n) is 12.9. The number of amides is 2. The van der Waals surface area contributed by atoms with Crippen molar-refractivity contribution in [3.63, 3.8) is 0 Å². The van der Waals surface area contributed by atoms with Crippen LogP contribution in [0.4, 0.5) is 4.79 Å². The molecule has 4 aromatic rings. The van der Waals surface area contributed by atoms with E-state index < -0.39 is 35.7 Å². The van der Waals surface area contributed by atoms with Gasteiger partial charge in [0.15, 0.2) is 0 Å². The molecule has 0 bridgehead atoms. The second kappa shape index (κ2) is 13.8. The molecule has 0 spiro atoms. The maximum atomic E-state index is 13.5. The molecule has 2 amide bonds. The van der Waals surface area contributed by atoms with Gasteiger partial charge >= 0.3 is 17.7 Å². The minimum atomic E-state index is -1.17. The zero-order valence-corrected chi connectivity index (χ0v) is 22.6. The Labute approximate surface area is 236 Å². The zero-order valence-electron chi connectivity index (χ0n) is 22.6. The summed E-state index contributed by atoms with van der Waals surface area (Å²) in [5.74, 6) is -0.863. The molecule has 0 aliphatic carbocycles. The van der Waals surface area contributed by atoms with Crippen molar-refractivity contribution in [3.05, 3.63) is 112 Å². The van der Waals surface area contributed by atoms with Crippen LogP contribution in [-0.2, 0) is 38.5 Å². The first kappa shape index (κ1) is 28.9. The fraction of sp³-hybridized carbons (Fsp3) is 0.226. The smallest absolute Gasteiger partial charge is 0.408 e. The second-order valence-electron chi connectivity index (χ2n) is 9.19. The molecule has 10 nitrogen and oxygen atoms in total. The summed E-state index contributed by atoms with van der Waals surface area (Å²) < 4.78 is 20.8. The average molecular weight is 559 g/mol. The summed E-state index contributed by atoms with van der Waals surface area (Å²) in [6.07, 6.45) is -0.720. The Bertz CT molecular complexity index is 1550. The maximum absolute atomic E-state index is 13.5. The average Bonchev–Trinajstić information content (AvgIpc) is 2.99. The first-order valence-corrected chi connectivity index (χ1v) is 12.9. The van der Waals surface area contributed by atoms with Crippen molar-refractivity contribution < 1.29 is 33.0 Å². The molecule has 2 atom stereocenters. The van der Waals surface area contributed by atoms with Crippen molar-refractivity contribution in [1.82, 2.24) is 10.6 Å². The van der Waals surface area contributed by atoms with Crippen LogP contribution in [0.3, 0.4) is 0 Å². The Kier molecular flexibility index (Phi) is 9.71. The highest BCUT2D eigenvalue weighted by molar-refractivity contribution is 5.90. The molecule has 2 N–H and O–H groups in total. The van der Waals surface area contributed by atoms with Crippen LogP contribution in [0.1, 0.15) is 16.7 Å². The predicted octanol–water partition coefficient (Wildman–Crippen LogP) is 3.54. The number of rotatable bonds is 11. The molecular weight excluding hydrogens is 528 g/mol. The van der Waals surface area contributed by atoms with Gasteiger partial charge in [0.1, 0.15) is 30.0 Å². The molecule has 0 fully saturated rings. The van der Waals surface area contributed by atoms with Gasteiger partial charge in [0.25, 0.3) is 0 Å². The molecule has 1 heterocycles. The lowest BCUT2D eigenvalue weighted by molar-refractivity contribution is -0.145. The Balaban J connectivity index is 1.54. The Morgan fingerprint density at radius 2 is 1.49 bits per heavy atom. The largest absolute Gasteiger partial charge is 0.497 e. The number of alkyl carbamates (subject to hydrolysis) is 1. The number of fused-ring (bicyclic) bond motifs is 1. The molecule has 4 rings (SSSR count). The molecule has 41 heavy (non-hydrogen) atoms. The van der Waals surface area contributed by atoms with Gasteiger partial charge in [-0.25, -0.2) is 14.4 Å². The summed E-state index contributed by atoms with van der Waals surface area (Å²) in [4.78, 5) is 51.2. The van der Waals surface area contributed by atoms with Gasteiger partial charge in [0.2, 0.25) is 5.91 Å².